The molecule has 18 heavy (non-hydrogen) atoms. The minimum Gasteiger partial charge on any atom is -0.326 e. The van der Waals surface area contributed by atoms with E-state index in [9.17, 15) is 4.79 Å². The lowest BCUT2D eigenvalue weighted by Gasteiger charge is -2.14. The second-order valence-electron chi connectivity index (χ2n) is 4.36. The highest BCUT2D eigenvalue weighted by Crippen LogP contribution is 2.17. The number of nitrogens with one attached hydrogen (secondary N) is 2. The monoisotopic (exact) mass is 270 g/mol. The zero-order chi connectivity index (χ0) is 12.7. The van der Waals surface area contributed by atoms with Gasteiger partial charge in [-0.2, -0.15) is 0 Å². The number of benzene rings is 1. The summed E-state index contributed by atoms with van der Waals surface area (Å²) in [4.78, 5) is 11.9. The third kappa shape index (κ3) is 5.07. The van der Waals surface area contributed by atoms with Gasteiger partial charge in [0.2, 0.25) is 5.91 Å². The lowest BCUT2D eigenvalue weighted by Crippen LogP contribution is -2.28. The van der Waals surface area contributed by atoms with E-state index in [-0.39, 0.29) is 24.2 Å². The maximum Gasteiger partial charge on any atom is 0.228 e. The number of hydrogen-bond acceptors (Lipinski definition) is 2. The van der Waals surface area contributed by atoms with Gasteiger partial charge < -0.3 is 10.6 Å². The Morgan fingerprint density at radius 1 is 1.33 bits per heavy atom. The predicted molar refractivity (Wildman–Crippen MR) is 79.4 cm³/mol. The number of halogens is 1. The fraction of sp³-hybridized carbons (Fsp3) is 0.500. The number of carbonyl (C=O) groups is 1. The zero-order valence-electron chi connectivity index (χ0n) is 11.3. The SMILES string of the molecule is CCCc1ccccc1NC(=O)C(C)CNC.Cl. The first-order chi connectivity index (χ1) is 8.19. The average molecular weight is 271 g/mol. The first-order valence-corrected chi connectivity index (χ1v) is 6.22. The fourth-order valence-corrected chi connectivity index (χ4v) is 1.78. The fourth-order valence-electron chi connectivity index (χ4n) is 1.78. The summed E-state index contributed by atoms with van der Waals surface area (Å²) in [5, 5.41) is 6.01. The molecule has 0 saturated heterocycles. The van der Waals surface area contributed by atoms with Crippen LogP contribution in [0.1, 0.15) is 25.8 Å². The van der Waals surface area contributed by atoms with E-state index in [2.05, 4.69) is 23.6 Å². The van der Waals surface area contributed by atoms with Crippen molar-refractivity contribution in [3.63, 3.8) is 0 Å². The lowest BCUT2D eigenvalue weighted by molar-refractivity contribution is -0.119. The molecule has 1 atom stereocenters. The number of rotatable bonds is 6. The zero-order valence-corrected chi connectivity index (χ0v) is 12.1. The molecule has 1 rings (SSSR count). The van der Waals surface area contributed by atoms with Gasteiger partial charge in [-0.25, -0.2) is 0 Å². The molecule has 0 radical (unpaired) electrons. The molecule has 3 nitrogen and oxygen atoms in total. The number of carbonyl (C=O) groups excluding carboxylic acids is 1. The Labute approximate surface area is 116 Å². The lowest BCUT2D eigenvalue weighted by atomic mass is 10.1. The van der Waals surface area contributed by atoms with E-state index in [0.717, 1.165) is 18.5 Å². The Morgan fingerprint density at radius 3 is 2.61 bits per heavy atom. The van der Waals surface area contributed by atoms with Gasteiger partial charge in [-0.05, 0) is 25.1 Å². The predicted octanol–water partition coefficient (Wildman–Crippen LogP) is 2.85. The van der Waals surface area contributed by atoms with Crippen LogP contribution < -0.4 is 10.6 Å². The highest BCUT2D eigenvalue weighted by Gasteiger charge is 2.13. The molecule has 0 bridgehead atoms. The molecule has 0 aliphatic rings. The van der Waals surface area contributed by atoms with Gasteiger partial charge in [0.25, 0.3) is 0 Å². The van der Waals surface area contributed by atoms with Crippen LogP contribution >= 0.6 is 12.4 Å². The van der Waals surface area contributed by atoms with Crippen molar-refractivity contribution in [3.05, 3.63) is 29.8 Å². The molecule has 0 heterocycles. The molecule has 1 amide bonds. The van der Waals surface area contributed by atoms with Crippen molar-refractivity contribution in [3.8, 4) is 0 Å². The molecule has 1 aromatic carbocycles. The van der Waals surface area contributed by atoms with Crippen molar-refractivity contribution in [2.75, 3.05) is 18.9 Å². The van der Waals surface area contributed by atoms with Crippen LogP contribution in [-0.2, 0) is 11.2 Å². The van der Waals surface area contributed by atoms with E-state index < -0.39 is 0 Å². The minimum atomic E-state index is -0.0188. The molecule has 4 heteroatoms. The van der Waals surface area contributed by atoms with Gasteiger partial charge in [-0.15, -0.1) is 12.4 Å². The molecular weight excluding hydrogens is 248 g/mol. The molecule has 0 aromatic heterocycles. The number of para-hydroxylation sites is 1. The van der Waals surface area contributed by atoms with E-state index in [1.807, 2.05) is 32.2 Å². The normalized spacial score (nSPS) is 11.5. The van der Waals surface area contributed by atoms with Gasteiger partial charge in [0.15, 0.2) is 0 Å². The summed E-state index contributed by atoms with van der Waals surface area (Å²) in [6, 6.07) is 8.01. The Balaban J connectivity index is 0.00000289. The van der Waals surface area contributed by atoms with Gasteiger partial charge in [0.05, 0.1) is 0 Å². The summed E-state index contributed by atoms with van der Waals surface area (Å²) in [6.45, 7) is 4.76. The topological polar surface area (TPSA) is 41.1 Å². The largest absolute Gasteiger partial charge is 0.326 e. The standard InChI is InChI=1S/C14H22N2O.ClH/c1-4-7-12-8-5-6-9-13(12)16-14(17)11(2)10-15-3;/h5-6,8-9,11,15H,4,7,10H2,1-3H3,(H,16,17);1H. The molecule has 1 aromatic rings. The van der Waals surface area contributed by atoms with Crippen LogP contribution in [0.3, 0.4) is 0 Å². The van der Waals surface area contributed by atoms with Crippen molar-refractivity contribution in [1.29, 1.82) is 0 Å². The van der Waals surface area contributed by atoms with Crippen molar-refractivity contribution < 1.29 is 4.79 Å². The average Bonchev–Trinajstić information content (AvgIpc) is 2.32. The highest BCUT2D eigenvalue weighted by molar-refractivity contribution is 5.93. The van der Waals surface area contributed by atoms with Crippen molar-refractivity contribution in [2.45, 2.75) is 26.7 Å². The molecule has 102 valence electrons. The number of amides is 1. The molecule has 0 spiro atoms. The quantitative estimate of drug-likeness (QED) is 0.835. The van der Waals surface area contributed by atoms with Gasteiger partial charge >= 0.3 is 0 Å². The maximum absolute atomic E-state index is 11.9. The van der Waals surface area contributed by atoms with Crippen molar-refractivity contribution in [1.82, 2.24) is 5.32 Å². The highest BCUT2D eigenvalue weighted by atomic mass is 35.5. The van der Waals surface area contributed by atoms with Gasteiger partial charge in [-0.1, -0.05) is 38.5 Å². The Bertz CT molecular complexity index is 369. The summed E-state index contributed by atoms with van der Waals surface area (Å²) >= 11 is 0. The maximum atomic E-state index is 11.9. The third-order valence-electron chi connectivity index (χ3n) is 2.75. The van der Waals surface area contributed by atoms with E-state index in [4.69, 9.17) is 0 Å². The molecule has 0 aliphatic heterocycles. The Kier molecular flexibility index (Phi) is 8.42. The van der Waals surface area contributed by atoms with E-state index in [1.54, 1.807) is 0 Å². The molecular formula is C14H23ClN2O. The van der Waals surface area contributed by atoms with Gasteiger partial charge in [0.1, 0.15) is 0 Å². The van der Waals surface area contributed by atoms with Crippen LogP contribution in [0.25, 0.3) is 0 Å². The first kappa shape index (κ1) is 16.9. The van der Waals surface area contributed by atoms with Crippen LogP contribution in [0.2, 0.25) is 0 Å². The van der Waals surface area contributed by atoms with Crippen molar-refractivity contribution >= 4 is 24.0 Å². The van der Waals surface area contributed by atoms with E-state index in [1.165, 1.54) is 5.56 Å². The second-order valence-corrected chi connectivity index (χ2v) is 4.36. The van der Waals surface area contributed by atoms with Crippen LogP contribution in [0.5, 0.6) is 0 Å². The van der Waals surface area contributed by atoms with Crippen LogP contribution in [0.4, 0.5) is 5.69 Å². The number of aryl methyl sites for hydroxylation is 1. The van der Waals surface area contributed by atoms with Crippen LogP contribution in [0.15, 0.2) is 24.3 Å². The number of hydrogen-bond donors (Lipinski definition) is 2. The van der Waals surface area contributed by atoms with Gasteiger partial charge in [-0.3, -0.25) is 4.79 Å². The van der Waals surface area contributed by atoms with E-state index >= 15 is 0 Å². The van der Waals surface area contributed by atoms with Gasteiger partial charge in [0, 0.05) is 18.2 Å². The molecule has 0 fully saturated rings. The minimum absolute atomic E-state index is 0. The summed E-state index contributed by atoms with van der Waals surface area (Å²) in [5.74, 6) is 0.0533. The summed E-state index contributed by atoms with van der Waals surface area (Å²) in [6.07, 6.45) is 2.08. The molecule has 0 aliphatic carbocycles. The van der Waals surface area contributed by atoms with Crippen LogP contribution in [0, 0.1) is 5.92 Å². The Hall–Kier alpha value is -1.06. The summed E-state index contributed by atoms with van der Waals surface area (Å²) < 4.78 is 0. The smallest absolute Gasteiger partial charge is 0.228 e. The molecule has 1 unspecified atom stereocenters. The summed E-state index contributed by atoms with van der Waals surface area (Å²) in [7, 11) is 1.86. The van der Waals surface area contributed by atoms with Crippen LogP contribution in [-0.4, -0.2) is 19.5 Å². The Morgan fingerprint density at radius 2 is 2.00 bits per heavy atom. The van der Waals surface area contributed by atoms with E-state index in [0.29, 0.717) is 6.54 Å². The first-order valence-electron chi connectivity index (χ1n) is 6.22. The van der Waals surface area contributed by atoms with Crippen molar-refractivity contribution in [2.24, 2.45) is 5.92 Å². The molecule has 2 N–H and O–H groups in total. The second kappa shape index (κ2) is 8.95. The third-order valence-corrected chi connectivity index (χ3v) is 2.75. The molecule has 0 saturated carbocycles. The number of anilines is 1. The summed E-state index contributed by atoms with van der Waals surface area (Å²) in [5.41, 5.74) is 2.15.